The van der Waals surface area contributed by atoms with E-state index in [1.165, 1.54) is 0 Å². The Kier molecular flexibility index (Phi) is 30.2. The predicted molar refractivity (Wildman–Crippen MR) is 179 cm³/mol. The smallest absolute Gasteiger partial charge is 0.251 e. The Morgan fingerprint density at radius 2 is 1.04 bits per heavy atom. The molecule has 0 bridgehead atoms. The van der Waals surface area contributed by atoms with Crippen molar-refractivity contribution in [1.82, 2.24) is 10.6 Å². The van der Waals surface area contributed by atoms with Crippen LogP contribution < -0.4 is 21.1 Å². The molecule has 1 aromatic rings. The molecule has 0 unspecified atom stereocenters. The number of carbonyl (C=O) groups is 2. The first-order valence-electron chi connectivity index (χ1n) is 16.4. The quantitative estimate of drug-likeness (QED) is 0.0498. The minimum atomic E-state index is -0.913. The Morgan fingerprint density at radius 1 is 0.653 bits per heavy atom. The van der Waals surface area contributed by atoms with Gasteiger partial charge in [0.1, 0.15) is 18.4 Å². The maximum atomic E-state index is 12.2. The highest BCUT2D eigenvalue weighted by atomic mass is 16.6. The van der Waals surface area contributed by atoms with E-state index in [1.807, 2.05) is 0 Å². The lowest BCUT2D eigenvalue weighted by Gasteiger charge is -2.10. The molecule has 280 valence electrons. The van der Waals surface area contributed by atoms with E-state index < -0.39 is 18.6 Å². The standard InChI is InChI=1S/C33H55N3O13/c1-2-8-49-30-5-3-4-29(27-30)32(38)35-6-9-40-11-13-42-15-17-44-19-21-46-23-25-48-26-24-47-22-20-45-18-16-43-14-12-41-10-7-36-33(39)31(34)28-37/h1,3-5,27,31,37H,6-26,28,34H2,(H,35,38)(H,36,39)/t31-/m1/s1. The number of ether oxygens (including phenoxy) is 10. The summed E-state index contributed by atoms with van der Waals surface area (Å²) >= 11 is 0. The summed E-state index contributed by atoms with van der Waals surface area (Å²) in [6, 6.07) is 5.90. The summed E-state index contributed by atoms with van der Waals surface area (Å²) in [6.07, 6.45) is 5.18. The second-order valence-corrected chi connectivity index (χ2v) is 9.87. The maximum Gasteiger partial charge on any atom is 0.251 e. The molecule has 1 atom stereocenters. The van der Waals surface area contributed by atoms with Crippen LogP contribution in [0.1, 0.15) is 10.4 Å². The fourth-order valence-corrected chi connectivity index (χ4v) is 3.51. The lowest BCUT2D eigenvalue weighted by molar-refractivity contribution is -0.123. The topological polar surface area (TPSA) is 197 Å². The van der Waals surface area contributed by atoms with Gasteiger partial charge in [-0.1, -0.05) is 12.0 Å². The summed E-state index contributed by atoms with van der Waals surface area (Å²) in [7, 11) is 0. The van der Waals surface area contributed by atoms with Crippen molar-refractivity contribution in [1.29, 1.82) is 0 Å². The molecule has 0 aromatic heterocycles. The highest BCUT2D eigenvalue weighted by molar-refractivity contribution is 5.94. The maximum absolute atomic E-state index is 12.2. The summed E-state index contributed by atoms with van der Waals surface area (Å²) in [4.78, 5) is 23.6. The Bertz CT molecular complexity index is 983. The van der Waals surface area contributed by atoms with Crippen molar-refractivity contribution in [3.8, 4) is 18.1 Å². The number of hydrogen-bond acceptors (Lipinski definition) is 14. The Morgan fingerprint density at radius 3 is 1.43 bits per heavy atom. The van der Waals surface area contributed by atoms with Crippen molar-refractivity contribution in [2.24, 2.45) is 5.73 Å². The van der Waals surface area contributed by atoms with E-state index in [2.05, 4.69) is 16.6 Å². The zero-order valence-electron chi connectivity index (χ0n) is 28.4. The number of aliphatic hydroxyl groups is 1. The zero-order chi connectivity index (χ0) is 35.5. The SMILES string of the molecule is C#CCOc1cccc(C(=O)NCCOCCOCCOCCOCCOCCOCCOCCOCCOCCNC(=O)[C@H](N)CO)c1. The molecule has 2 amide bonds. The molecule has 0 aliphatic heterocycles. The molecule has 0 spiro atoms. The van der Waals surface area contributed by atoms with Crippen LogP contribution in [0.4, 0.5) is 0 Å². The van der Waals surface area contributed by atoms with E-state index in [-0.39, 0.29) is 12.5 Å². The van der Waals surface area contributed by atoms with Crippen molar-refractivity contribution in [2.75, 3.05) is 145 Å². The van der Waals surface area contributed by atoms with Crippen LogP contribution in [-0.4, -0.2) is 168 Å². The molecule has 5 N–H and O–H groups in total. The molecule has 1 rings (SSSR count). The van der Waals surface area contributed by atoms with Gasteiger partial charge in [0.2, 0.25) is 5.91 Å². The summed E-state index contributed by atoms with van der Waals surface area (Å²) in [5.41, 5.74) is 5.87. The van der Waals surface area contributed by atoms with Crippen molar-refractivity contribution in [2.45, 2.75) is 6.04 Å². The molecule has 0 saturated carbocycles. The first-order chi connectivity index (χ1) is 24.1. The van der Waals surface area contributed by atoms with Crippen molar-refractivity contribution in [3.05, 3.63) is 29.8 Å². The minimum Gasteiger partial charge on any atom is -0.481 e. The van der Waals surface area contributed by atoms with Crippen molar-refractivity contribution in [3.63, 3.8) is 0 Å². The average molecular weight is 702 g/mol. The fraction of sp³-hybridized carbons (Fsp3) is 0.697. The van der Waals surface area contributed by atoms with E-state index in [4.69, 9.17) is 64.6 Å². The first-order valence-corrected chi connectivity index (χ1v) is 16.4. The van der Waals surface area contributed by atoms with Gasteiger partial charge in [-0.05, 0) is 18.2 Å². The van der Waals surface area contributed by atoms with Gasteiger partial charge in [0.05, 0.1) is 126 Å². The molecular weight excluding hydrogens is 646 g/mol. The second kappa shape index (κ2) is 33.6. The van der Waals surface area contributed by atoms with Crippen molar-refractivity contribution >= 4 is 11.8 Å². The van der Waals surface area contributed by atoms with Crippen LogP contribution in [0.25, 0.3) is 0 Å². The number of hydrogen-bond donors (Lipinski definition) is 4. The summed E-state index contributed by atoms with van der Waals surface area (Å²) < 4.78 is 54.2. The van der Waals surface area contributed by atoms with Gasteiger partial charge in [0, 0.05) is 18.7 Å². The van der Waals surface area contributed by atoms with Gasteiger partial charge in [-0.3, -0.25) is 9.59 Å². The van der Waals surface area contributed by atoms with Crippen LogP contribution in [0.5, 0.6) is 5.75 Å². The van der Waals surface area contributed by atoms with E-state index >= 15 is 0 Å². The molecule has 1 aromatic carbocycles. The minimum absolute atomic E-state index is 0.146. The lowest BCUT2D eigenvalue weighted by atomic mass is 10.2. The zero-order valence-corrected chi connectivity index (χ0v) is 28.4. The number of nitrogens with two attached hydrogens (primary N) is 1. The number of aliphatic hydroxyl groups excluding tert-OH is 1. The number of rotatable bonds is 35. The van der Waals surface area contributed by atoms with Gasteiger partial charge in [-0.25, -0.2) is 0 Å². The largest absolute Gasteiger partial charge is 0.481 e. The van der Waals surface area contributed by atoms with Gasteiger partial charge < -0.3 is 68.8 Å². The van der Waals surface area contributed by atoms with Gasteiger partial charge in [-0.15, -0.1) is 6.42 Å². The molecule has 49 heavy (non-hydrogen) atoms. The van der Waals surface area contributed by atoms with Crippen LogP contribution in [0.2, 0.25) is 0 Å². The molecule has 0 aliphatic carbocycles. The molecule has 0 saturated heterocycles. The highest BCUT2D eigenvalue weighted by Crippen LogP contribution is 2.13. The molecule has 0 aliphatic rings. The van der Waals surface area contributed by atoms with E-state index in [0.29, 0.717) is 143 Å². The normalized spacial score (nSPS) is 11.6. The molecule has 16 heteroatoms. The molecule has 16 nitrogen and oxygen atoms in total. The molecule has 0 heterocycles. The number of terminal acetylenes is 1. The third-order valence-corrected chi connectivity index (χ3v) is 6.01. The van der Waals surface area contributed by atoms with Gasteiger partial charge in [0.15, 0.2) is 0 Å². The fourth-order valence-electron chi connectivity index (χ4n) is 3.51. The first kappa shape index (κ1) is 44.1. The van der Waals surface area contributed by atoms with E-state index in [9.17, 15) is 9.59 Å². The predicted octanol–water partition coefficient (Wildman–Crippen LogP) is -0.986. The third-order valence-electron chi connectivity index (χ3n) is 6.01. The van der Waals surface area contributed by atoms with Gasteiger partial charge in [-0.2, -0.15) is 0 Å². The Hall–Kier alpha value is -2.92. The monoisotopic (exact) mass is 701 g/mol. The van der Waals surface area contributed by atoms with Crippen LogP contribution in [0, 0.1) is 12.3 Å². The van der Waals surface area contributed by atoms with Crippen LogP contribution >= 0.6 is 0 Å². The van der Waals surface area contributed by atoms with Crippen LogP contribution in [-0.2, 0) is 47.4 Å². The summed E-state index contributed by atoms with van der Waals surface area (Å²) in [5, 5.41) is 14.1. The molecule has 0 radical (unpaired) electrons. The Balaban J connectivity index is 1.71. The number of nitrogens with one attached hydrogen (secondary N) is 2. The molecule has 0 fully saturated rings. The van der Waals surface area contributed by atoms with Gasteiger partial charge >= 0.3 is 0 Å². The van der Waals surface area contributed by atoms with Gasteiger partial charge in [0.25, 0.3) is 5.91 Å². The third kappa shape index (κ3) is 27.6. The Labute approximate surface area is 289 Å². The van der Waals surface area contributed by atoms with Crippen LogP contribution in [0.3, 0.4) is 0 Å². The second-order valence-electron chi connectivity index (χ2n) is 9.87. The van der Waals surface area contributed by atoms with E-state index in [1.54, 1.807) is 24.3 Å². The molecular formula is C33H55N3O13. The summed E-state index contributed by atoms with van der Waals surface area (Å²) in [5.74, 6) is 2.31. The lowest BCUT2D eigenvalue weighted by Crippen LogP contribution is -2.44. The number of benzene rings is 1. The number of carbonyl (C=O) groups excluding carboxylic acids is 2. The van der Waals surface area contributed by atoms with Crippen molar-refractivity contribution < 1.29 is 62.1 Å². The van der Waals surface area contributed by atoms with Crippen LogP contribution in [0.15, 0.2) is 24.3 Å². The van der Waals surface area contributed by atoms with E-state index in [0.717, 1.165) is 0 Å². The summed E-state index contributed by atoms with van der Waals surface area (Å²) in [6.45, 7) is 8.32. The average Bonchev–Trinajstić information content (AvgIpc) is 3.12. The highest BCUT2D eigenvalue weighted by Gasteiger charge is 2.10. The number of amides is 2.